The van der Waals surface area contributed by atoms with Crippen LogP contribution in [0.1, 0.15) is 38.5 Å². The molecule has 0 aromatic rings. The first-order valence-corrected chi connectivity index (χ1v) is 7.61. The molecule has 0 aromatic carbocycles. The third kappa shape index (κ3) is 2.63. The monoisotopic (exact) mass is 251 g/mol. The molecule has 4 fully saturated rings. The molecule has 4 nitrogen and oxygen atoms in total. The summed E-state index contributed by atoms with van der Waals surface area (Å²) >= 11 is 0. The molecule has 4 heteroatoms. The minimum atomic E-state index is 0.190. The van der Waals surface area contributed by atoms with E-state index in [1.807, 2.05) is 4.90 Å². The summed E-state index contributed by atoms with van der Waals surface area (Å²) in [5, 5.41) is 3.29. The Hall–Kier alpha value is -0.770. The van der Waals surface area contributed by atoms with E-state index >= 15 is 0 Å². The molecule has 4 rings (SSSR count). The second-order valence-corrected chi connectivity index (χ2v) is 6.10. The molecule has 102 valence electrons. The van der Waals surface area contributed by atoms with E-state index in [1.54, 1.807) is 0 Å². The van der Waals surface area contributed by atoms with Crippen LogP contribution in [0.2, 0.25) is 0 Å². The van der Waals surface area contributed by atoms with Gasteiger partial charge in [-0.25, -0.2) is 4.79 Å². The van der Waals surface area contributed by atoms with Crippen LogP contribution in [0.3, 0.4) is 0 Å². The minimum absolute atomic E-state index is 0.190. The summed E-state index contributed by atoms with van der Waals surface area (Å²) in [6.07, 6.45) is 7.45. The predicted octanol–water partition coefficient (Wildman–Crippen LogP) is 1.67. The van der Waals surface area contributed by atoms with E-state index in [-0.39, 0.29) is 6.03 Å². The standard InChI is InChI=1S/C14H25N3O/c18-14(17-7-3-1-2-4-8-17)15-13-11-16-9-5-12(13)6-10-16/h12-13H,1-11H2,(H,15,18). The zero-order valence-electron chi connectivity index (χ0n) is 11.2. The van der Waals surface area contributed by atoms with Crippen molar-refractivity contribution in [2.24, 2.45) is 5.92 Å². The zero-order valence-corrected chi connectivity index (χ0v) is 11.2. The van der Waals surface area contributed by atoms with E-state index in [4.69, 9.17) is 0 Å². The molecule has 2 amide bonds. The number of nitrogens with zero attached hydrogens (tertiary/aromatic N) is 2. The highest BCUT2D eigenvalue weighted by Crippen LogP contribution is 2.27. The number of hydrogen-bond donors (Lipinski definition) is 1. The van der Waals surface area contributed by atoms with Crippen LogP contribution in [0.15, 0.2) is 0 Å². The number of fused-ring (bicyclic) bond motifs is 3. The topological polar surface area (TPSA) is 35.6 Å². The van der Waals surface area contributed by atoms with Crippen molar-refractivity contribution in [2.75, 3.05) is 32.7 Å². The van der Waals surface area contributed by atoms with Crippen molar-refractivity contribution in [3.63, 3.8) is 0 Å². The molecule has 1 atom stereocenters. The van der Waals surface area contributed by atoms with Crippen LogP contribution in [-0.4, -0.2) is 54.6 Å². The molecule has 0 aliphatic carbocycles. The molecule has 0 saturated carbocycles. The quantitative estimate of drug-likeness (QED) is 0.769. The Kier molecular flexibility index (Phi) is 3.73. The van der Waals surface area contributed by atoms with Crippen LogP contribution in [0, 0.1) is 5.92 Å². The molecule has 0 radical (unpaired) electrons. The molecule has 1 N–H and O–H groups in total. The normalized spacial score (nSPS) is 36.2. The minimum Gasteiger partial charge on any atom is -0.334 e. The second-order valence-electron chi connectivity index (χ2n) is 6.10. The Labute approximate surface area is 110 Å². The average Bonchev–Trinajstić information content (AvgIpc) is 2.69. The van der Waals surface area contributed by atoms with Crippen molar-refractivity contribution in [1.82, 2.24) is 15.1 Å². The van der Waals surface area contributed by atoms with Gasteiger partial charge in [-0.3, -0.25) is 0 Å². The Bertz CT molecular complexity index is 291. The van der Waals surface area contributed by atoms with E-state index < -0.39 is 0 Å². The van der Waals surface area contributed by atoms with Crippen molar-refractivity contribution in [3.8, 4) is 0 Å². The largest absolute Gasteiger partial charge is 0.334 e. The first-order chi connectivity index (χ1) is 8.83. The van der Waals surface area contributed by atoms with Gasteiger partial charge in [0.1, 0.15) is 0 Å². The van der Waals surface area contributed by atoms with Crippen molar-refractivity contribution >= 4 is 6.03 Å². The van der Waals surface area contributed by atoms with Crippen LogP contribution in [0.4, 0.5) is 4.79 Å². The van der Waals surface area contributed by atoms with Crippen LogP contribution >= 0.6 is 0 Å². The molecule has 0 spiro atoms. The fourth-order valence-electron chi connectivity index (χ4n) is 3.65. The number of urea groups is 1. The summed E-state index contributed by atoms with van der Waals surface area (Å²) in [5.41, 5.74) is 0. The number of amides is 2. The van der Waals surface area contributed by atoms with Crippen LogP contribution in [0.25, 0.3) is 0 Å². The molecule has 2 bridgehead atoms. The Morgan fingerprint density at radius 2 is 1.61 bits per heavy atom. The number of likely N-dealkylation sites (tertiary alicyclic amines) is 1. The lowest BCUT2D eigenvalue weighted by Gasteiger charge is -2.45. The first-order valence-electron chi connectivity index (χ1n) is 7.61. The number of carbonyl (C=O) groups is 1. The van der Waals surface area contributed by atoms with E-state index in [1.165, 1.54) is 51.6 Å². The van der Waals surface area contributed by atoms with Crippen molar-refractivity contribution in [1.29, 1.82) is 0 Å². The third-order valence-electron chi connectivity index (χ3n) is 4.86. The highest BCUT2D eigenvalue weighted by Gasteiger charge is 2.35. The average molecular weight is 251 g/mol. The van der Waals surface area contributed by atoms with Crippen molar-refractivity contribution in [2.45, 2.75) is 44.6 Å². The fourth-order valence-corrected chi connectivity index (χ4v) is 3.65. The fraction of sp³-hybridized carbons (Fsp3) is 0.929. The maximum absolute atomic E-state index is 12.3. The van der Waals surface area contributed by atoms with Gasteiger partial charge in [0.15, 0.2) is 0 Å². The molecular formula is C14H25N3O. The van der Waals surface area contributed by atoms with E-state index in [0.717, 1.165) is 25.6 Å². The van der Waals surface area contributed by atoms with E-state index in [0.29, 0.717) is 6.04 Å². The molecule has 18 heavy (non-hydrogen) atoms. The first kappa shape index (κ1) is 12.3. The van der Waals surface area contributed by atoms with Gasteiger partial charge in [-0.2, -0.15) is 0 Å². The van der Waals surface area contributed by atoms with E-state index in [2.05, 4.69) is 10.2 Å². The van der Waals surface area contributed by atoms with Gasteiger partial charge >= 0.3 is 6.03 Å². The lowest BCUT2D eigenvalue weighted by atomic mass is 9.84. The molecule has 4 heterocycles. The maximum atomic E-state index is 12.3. The summed E-state index contributed by atoms with van der Waals surface area (Å²) in [4.78, 5) is 16.8. The highest BCUT2D eigenvalue weighted by molar-refractivity contribution is 5.74. The Morgan fingerprint density at radius 1 is 0.944 bits per heavy atom. The van der Waals surface area contributed by atoms with Gasteiger partial charge in [0.2, 0.25) is 0 Å². The van der Waals surface area contributed by atoms with Gasteiger partial charge in [-0.1, -0.05) is 12.8 Å². The SMILES string of the molecule is O=C(NC1CN2CCC1CC2)N1CCCCCC1. The molecule has 4 aliphatic rings. The molecule has 1 unspecified atom stereocenters. The summed E-state index contributed by atoms with van der Waals surface area (Å²) < 4.78 is 0. The number of rotatable bonds is 1. The van der Waals surface area contributed by atoms with Gasteiger partial charge in [-0.05, 0) is 44.7 Å². The van der Waals surface area contributed by atoms with Crippen molar-refractivity contribution in [3.05, 3.63) is 0 Å². The van der Waals surface area contributed by atoms with Gasteiger partial charge < -0.3 is 15.1 Å². The summed E-state index contributed by atoms with van der Waals surface area (Å²) in [6.45, 7) is 5.45. The van der Waals surface area contributed by atoms with Crippen LogP contribution in [0.5, 0.6) is 0 Å². The molecule has 0 aromatic heterocycles. The molecule has 4 saturated heterocycles. The predicted molar refractivity (Wildman–Crippen MR) is 71.5 cm³/mol. The molecular weight excluding hydrogens is 226 g/mol. The van der Waals surface area contributed by atoms with Crippen molar-refractivity contribution < 1.29 is 4.79 Å². The van der Waals surface area contributed by atoms with E-state index in [9.17, 15) is 4.79 Å². The van der Waals surface area contributed by atoms with Gasteiger partial charge in [0, 0.05) is 25.7 Å². The second kappa shape index (κ2) is 5.47. The number of carbonyl (C=O) groups excluding carboxylic acids is 1. The van der Waals surface area contributed by atoms with Gasteiger partial charge in [0.05, 0.1) is 0 Å². The summed E-state index contributed by atoms with van der Waals surface area (Å²) in [6, 6.07) is 0.596. The molecule has 4 aliphatic heterocycles. The Balaban J connectivity index is 1.53. The summed E-state index contributed by atoms with van der Waals surface area (Å²) in [7, 11) is 0. The third-order valence-corrected chi connectivity index (χ3v) is 4.86. The number of hydrogen-bond acceptors (Lipinski definition) is 2. The van der Waals surface area contributed by atoms with Crippen LogP contribution < -0.4 is 5.32 Å². The number of piperidine rings is 3. The highest BCUT2D eigenvalue weighted by atomic mass is 16.2. The lowest BCUT2D eigenvalue weighted by molar-refractivity contribution is 0.0731. The maximum Gasteiger partial charge on any atom is 0.317 e. The zero-order chi connectivity index (χ0) is 12.4. The number of nitrogens with one attached hydrogen (secondary N) is 1. The van der Waals surface area contributed by atoms with Gasteiger partial charge in [0.25, 0.3) is 0 Å². The smallest absolute Gasteiger partial charge is 0.317 e. The van der Waals surface area contributed by atoms with Gasteiger partial charge in [-0.15, -0.1) is 0 Å². The Morgan fingerprint density at radius 3 is 2.17 bits per heavy atom. The van der Waals surface area contributed by atoms with Crippen LogP contribution in [-0.2, 0) is 0 Å². The summed E-state index contributed by atoms with van der Waals surface area (Å²) in [5.74, 6) is 0.728. The lowest BCUT2D eigenvalue weighted by Crippen LogP contribution is -2.59.